The van der Waals surface area contributed by atoms with Crippen LogP contribution in [0.25, 0.3) is 10.9 Å². The van der Waals surface area contributed by atoms with E-state index >= 15 is 0 Å². The summed E-state index contributed by atoms with van der Waals surface area (Å²) < 4.78 is 0. The largest absolute Gasteiger partial charge is 0.373 e. The Morgan fingerprint density at radius 1 is 1.28 bits per heavy atom. The first-order valence-electron chi connectivity index (χ1n) is 6.27. The van der Waals surface area contributed by atoms with E-state index in [1.165, 1.54) is 0 Å². The van der Waals surface area contributed by atoms with Crippen molar-refractivity contribution in [2.45, 2.75) is 0 Å². The molecule has 0 spiro atoms. The molecular formula is C13H17N5. The van der Waals surface area contributed by atoms with Gasteiger partial charge in [-0.15, -0.1) is 0 Å². The van der Waals surface area contributed by atoms with E-state index < -0.39 is 0 Å². The third-order valence-electron chi connectivity index (χ3n) is 3.26. The van der Waals surface area contributed by atoms with Crippen LogP contribution in [0.2, 0.25) is 0 Å². The molecule has 3 rings (SSSR count). The fourth-order valence-electron chi connectivity index (χ4n) is 2.21. The van der Waals surface area contributed by atoms with Crippen molar-refractivity contribution in [3.8, 4) is 0 Å². The monoisotopic (exact) mass is 243 g/mol. The van der Waals surface area contributed by atoms with Crippen LogP contribution >= 0.6 is 0 Å². The van der Waals surface area contributed by atoms with Crippen LogP contribution in [0, 0.1) is 0 Å². The van der Waals surface area contributed by atoms with Gasteiger partial charge in [0, 0.05) is 50.9 Å². The average Bonchev–Trinajstić information content (AvgIpc) is 2.47. The summed E-state index contributed by atoms with van der Waals surface area (Å²) in [6, 6.07) is 6.15. The smallest absolute Gasteiger partial charge is 0.129 e. The fraction of sp³-hybridized carbons (Fsp3) is 0.385. The number of hydrogen-bond donors (Lipinski definition) is 2. The van der Waals surface area contributed by atoms with Gasteiger partial charge in [0.1, 0.15) is 11.6 Å². The summed E-state index contributed by atoms with van der Waals surface area (Å²) in [6.07, 6.45) is 1.86. The van der Waals surface area contributed by atoms with Gasteiger partial charge in [0.2, 0.25) is 0 Å². The summed E-state index contributed by atoms with van der Waals surface area (Å²) in [5, 5.41) is 7.47. The van der Waals surface area contributed by atoms with Gasteiger partial charge in [0.15, 0.2) is 0 Å². The molecule has 2 aromatic rings. The maximum atomic E-state index is 4.73. The average molecular weight is 243 g/mol. The number of nitrogens with zero attached hydrogens (tertiary/aromatic N) is 3. The van der Waals surface area contributed by atoms with Crippen LogP contribution in [-0.4, -0.2) is 43.2 Å². The van der Waals surface area contributed by atoms with Crippen molar-refractivity contribution in [1.82, 2.24) is 15.3 Å². The van der Waals surface area contributed by atoms with E-state index in [9.17, 15) is 0 Å². The number of piperazine rings is 1. The summed E-state index contributed by atoms with van der Waals surface area (Å²) in [6.45, 7) is 4.08. The number of pyridine rings is 2. The molecule has 3 heterocycles. The van der Waals surface area contributed by atoms with Crippen LogP contribution in [-0.2, 0) is 0 Å². The Bertz CT molecular complexity index is 548. The predicted octanol–water partition coefficient (Wildman–Crippen LogP) is 1.08. The molecule has 0 aromatic carbocycles. The highest BCUT2D eigenvalue weighted by atomic mass is 15.2. The lowest BCUT2D eigenvalue weighted by Gasteiger charge is -2.28. The Balaban J connectivity index is 1.97. The minimum Gasteiger partial charge on any atom is -0.373 e. The molecule has 0 bridgehead atoms. The second-order valence-electron chi connectivity index (χ2n) is 4.42. The maximum absolute atomic E-state index is 4.73. The van der Waals surface area contributed by atoms with Gasteiger partial charge in [-0.2, -0.15) is 0 Å². The Kier molecular flexibility index (Phi) is 2.98. The van der Waals surface area contributed by atoms with E-state index in [1.54, 1.807) is 0 Å². The zero-order valence-electron chi connectivity index (χ0n) is 10.5. The van der Waals surface area contributed by atoms with Gasteiger partial charge in [-0.1, -0.05) is 0 Å². The van der Waals surface area contributed by atoms with E-state index in [0.717, 1.165) is 48.7 Å². The van der Waals surface area contributed by atoms with Crippen molar-refractivity contribution in [1.29, 1.82) is 0 Å². The van der Waals surface area contributed by atoms with Crippen LogP contribution < -0.4 is 15.5 Å². The Labute approximate surface area is 106 Å². The van der Waals surface area contributed by atoms with Crippen LogP contribution in [0.1, 0.15) is 0 Å². The molecule has 1 aliphatic rings. The van der Waals surface area contributed by atoms with Crippen LogP contribution in [0.3, 0.4) is 0 Å². The number of aromatic nitrogens is 2. The molecule has 2 aromatic heterocycles. The highest BCUT2D eigenvalue weighted by molar-refractivity contribution is 5.81. The summed E-state index contributed by atoms with van der Waals surface area (Å²) >= 11 is 0. The van der Waals surface area contributed by atoms with Crippen LogP contribution in [0.4, 0.5) is 11.6 Å². The summed E-state index contributed by atoms with van der Waals surface area (Å²) in [4.78, 5) is 11.3. The van der Waals surface area contributed by atoms with Crippen molar-refractivity contribution in [2.24, 2.45) is 0 Å². The van der Waals surface area contributed by atoms with Crippen molar-refractivity contribution < 1.29 is 0 Å². The molecule has 0 radical (unpaired) electrons. The SMILES string of the molecule is CNc1cc2nc(N3CCNCC3)ccc2cn1. The number of rotatable bonds is 2. The highest BCUT2D eigenvalue weighted by Gasteiger charge is 2.11. The first kappa shape index (κ1) is 11.2. The third-order valence-corrected chi connectivity index (χ3v) is 3.26. The summed E-state index contributed by atoms with van der Waals surface area (Å²) in [5.41, 5.74) is 0.991. The molecule has 94 valence electrons. The third kappa shape index (κ3) is 2.09. The maximum Gasteiger partial charge on any atom is 0.129 e. The lowest BCUT2D eigenvalue weighted by Crippen LogP contribution is -2.43. The van der Waals surface area contributed by atoms with Gasteiger partial charge >= 0.3 is 0 Å². The topological polar surface area (TPSA) is 53.1 Å². The van der Waals surface area contributed by atoms with E-state index in [0.29, 0.717) is 0 Å². The fourth-order valence-corrected chi connectivity index (χ4v) is 2.21. The van der Waals surface area contributed by atoms with E-state index in [4.69, 9.17) is 4.98 Å². The van der Waals surface area contributed by atoms with Gasteiger partial charge in [-0.05, 0) is 12.1 Å². The Morgan fingerprint density at radius 3 is 2.89 bits per heavy atom. The molecule has 5 heteroatoms. The zero-order chi connectivity index (χ0) is 12.4. The minimum absolute atomic E-state index is 0.854. The quantitative estimate of drug-likeness (QED) is 0.826. The Hall–Kier alpha value is -1.88. The second kappa shape index (κ2) is 4.78. The first-order chi connectivity index (χ1) is 8.86. The molecular weight excluding hydrogens is 226 g/mol. The van der Waals surface area contributed by atoms with E-state index in [1.807, 2.05) is 19.3 Å². The molecule has 1 saturated heterocycles. The molecule has 1 fully saturated rings. The molecule has 18 heavy (non-hydrogen) atoms. The molecule has 2 N–H and O–H groups in total. The van der Waals surface area contributed by atoms with Gasteiger partial charge in [-0.3, -0.25) is 0 Å². The molecule has 0 atom stereocenters. The van der Waals surface area contributed by atoms with Crippen molar-refractivity contribution in [3.63, 3.8) is 0 Å². The van der Waals surface area contributed by atoms with Crippen LogP contribution in [0.5, 0.6) is 0 Å². The number of hydrogen-bond acceptors (Lipinski definition) is 5. The Morgan fingerprint density at radius 2 is 2.11 bits per heavy atom. The zero-order valence-corrected chi connectivity index (χ0v) is 10.5. The summed E-state index contributed by atoms with van der Waals surface area (Å²) in [5.74, 6) is 1.91. The first-order valence-corrected chi connectivity index (χ1v) is 6.27. The van der Waals surface area contributed by atoms with Gasteiger partial charge in [0.05, 0.1) is 5.52 Å². The molecule has 0 aliphatic carbocycles. The standard InChI is InChI=1S/C13H17N5/c1-14-12-8-11-10(9-16-12)2-3-13(17-11)18-6-4-15-5-7-18/h2-3,8-9,15H,4-7H2,1H3,(H,14,16). The second-order valence-corrected chi connectivity index (χ2v) is 4.42. The van der Waals surface area contributed by atoms with Crippen molar-refractivity contribution >= 4 is 22.5 Å². The van der Waals surface area contributed by atoms with Crippen molar-refractivity contribution in [2.75, 3.05) is 43.4 Å². The number of fused-ring (bicyclic) bond motifs is 1. The predicted molar refractivity (Wildman–Crippen MR) is 74.2 cm³/mol. The van der Waals surface area contributed by atoms with Gasteiger partial charge in [0.25, 0.3) is 0 Å². The van der Waals surface area contributed by atoms with Gasteiger partial charge in [-0.25, -0.2) is 9.97 Å². The lowest BCUT2D eigenvalue weighted by atomic mass is 10.2. The van der Waals surface area contributed by atoms with Crippen LogP contribution in [0.15, 0.2) is 24.4 Å². The molecule has 5 nitrogen and oxygen atoms in total. The molecule has 0 amide bonds. The number of anilines is 2. The summed E-state index contributed by atoms with van der Waals surface area (Å²) in [7, 11) is 1.87. The minimum atomic E-state index is 0.854. The molecule has 0 unspecified atom stereocenters. The van der Waals surface area contributed by atoms with E-state index in [2.05, 4.69) is 32.7 Å². The normalized spacial score (nSPS) is 15.9. The highest BCUT2D eigenvalue weighted by Crippen LogP contribution is 2.19. The lowest BCUT2D eigenvalue weighted by molar-refractivity contribution is 0.585. The molecule has 0 saturated carbocycles. The van der Waals surface area contributed by atoms with E-state index in [-0.39, 0.29) is 0 Å². The molecule has 1 aliphatic heterocycles. The van der Waals surface area contributed by atoms with Crippen molar-refractivity contribution in [3.05, 3.63) is 24.4 Å². The van der Waals surface area contributed by atoms with Gasteiger partial charge < -0.3 is 15.5 Å². The number of nitrogens with one attached hydrogen (secondary N) is 2.